The van der Waals surface area contributed by atoms with Crippen LogP contribution < -0.4 is 0 Å². The van der Waals surface area contributed by atoms with Gasteiger partial charge in [0.25, 0.3) is 0 Å². The first-order chi connectivity index (χ1) is 15.1. The number of amides is 1. The van der Waals surface area contributed by atoms with Crippen LogP contribution >= 0.6 is 11.3 Å². The Labute approximate surface area is 186 Å². The van der Waals surface area contributed by atoms with Crippen molar-refractivity contribution in [1.82, 2.24) is 9.88 Å². The van der Waals surface area contributed by atoms with Crippen LogP contribution in [0.5, 0.6) is 0 Å². The number of pyridine rings is 1. The highest BCUT2D eigenvalue weighted by atomic mass is 32.1. The van der Waals surface area contributed by atoms with Crippen LogP contribution in [-0.4, -0.2) is 41.5 Å². The zero-order chi connectivity index (χ0) is 21.6. The molecule has 0 bridgehead atoms. The first-order valence-corrected chi connectivity index (χ1v) is 11.5. The number of fused-ring (bicyclic) bond motifs is 1. The fraction of sp³-hybridized carbons (Fsp3) is 0.417. The maximum atomic E-state index is 12.5. The SMILES string of the molecule is N#Cc1c(CC(=O)/C=C/c2cccnc2)sc2c1CC[C@@H](COC(=O)N1CCCC1)C2. The molecular weight excluding hydrogens is 410 g/mol. The summed E-state index contributed by atoms with van der Waals surface area (Å²) in [5.41, 5.74) is 2.61. The lowest BCUT2D eigenvalue weighted by Gasteiger charge is -2.23. The van der Waals surface area contributed by atoms with Crippen molar-refractivity contribution in [1.29, 1.82) is 5.26 Å². The average molecular weight is 436 g/mol. The highest BCUT2D eigenvalue weighted by Gasteiger charge is 2.28. The summed E-state index contributed by atoms with van der Waals surface area (Å²) >= 11 is 1.56. The topological polar surface area (TPSA) is 83.3 Å². The number of nitriles is 1. The molecule has 0 unspecified atom stereocenters. The van der Waals surface area contributed by atoms with E-state index in [2.05, 4.69) is 11.1 Å². The van der Waals surface area contributed by atoms with Crippen molar-refractivity contribution in [2.45, 2.75) is 38.5 Å². The molecular formula is C24H25N3O3S. The van der Waals surface area contributed by atoms with E-state index in [1.807, 2.05) is 12.1 Å². The Morgan fingerprint density at radius 3 is 2.94 bits per heavy atom. The van der Waals surface area contributed by atoms with Crippen LogP contribution in [0.1, 0.15) is 45.7 Å². The number of carbonyl (C=O) groups is 2. The number of rotatable bonds is 6. The van der Waals surface area contributed by atoms with Crippen molar-refractivity contribution in [2.24, 2.45) is 5.92 Å². The van der Waals surface area contributed by atoms with Crippen LogP contribution in [0, 0.1) is 17.2 Å². The van der Waals surface area contributed by atoms with E-state index < -0.39 is 0 Å². The highest BCUT2D eigenvalue weighted by molar-refractivity contribution is 7.12. The van der Waals surface area contributed by atoms with Crippen LogP contribution in [-0.2, 0) is 28.8 Å². The van der Waals surface area contributed by atoms with Crippen molar-refractivity contribution in [3.63, 3.8) is 0 Å². The van der Waals surface area contributed by atoms with Crippen molar-refractivity contribution in [3.8, 4) is 6.07 Å². The molecule has 160 valence electrons. The molecule has 31 heavy (non-hydrogen) atoms. The fourth-order valence-electron chi connectivity index (χ4n) is 4.17. The maximum absolute atomic E-state index is 12.5. The molecule has 2 aliphatic rings. The van der Waals surface area contributed by atoms with Gasteiger partial charge < -0.3 is 9.64 Å². The number of likely N-dealkylation sites (tertiary alicyclic amines) is 1. The minimum atomic E-state index is -0.209. The molecule has 0 N–H and O–H groups in total. The molecule has 1 aliphatic carbocycles. The first kappa shape index (κ1) is 21.3. The van der Waals surface area contributed by atoms with Crippen molar-refractivity contribution < 1.29 is 14.3 Å². The van der Waals surface area contributed by atoms with Crippen LogP contribution in [0.2, 0.25) is 0 Å². The first-order valence-electron chi connectivity index (χ1n) is 10.7. The fourth-order valence-corrected chi connectivity index (χ4v) is 5.60. The zero-order valence-corrected chi connectivity index (χ0v) is 18.2. The van der Waals surface area contributed by atoms with Crippen LogP contribution in [0.3, 0.4) is 0 Å². The Morgan fingerprint density at radius 1 is 1.35 bits per heavy atom. The van der Waals surface area contributed by atoms with Crippen LogP contribution in [0.4, 0.5) is 4.79 Å². The molecule has 0 saturated carbocycles. The number of aromatic nitrogens is 1. The van der Waals surface area contributed by atoms with Crippen molar-refractivity contribution in [2.75, 3.05) is 19.7 Å². The van der Waals surface area contributed by atoms with Gasteiger partial charge in [0, 0.05) is 41.7 Å². The summed E-state index contributed by atoms with van der Waals surface area (Å²) in [6.07, 6.45) is 11.3. The minimum absolute atomic E-state index is 0.0324. The highest BCUT2D eigenvalue weighted by Crippen LogP contribution is 2.36. The second-order valence-electron chi connectivity index (χ2n) is 8.06. The van der Waals surface area contributed by atoms with Gasteiger partial charge in [0.15, 0.2) is 5.78 Å². The minimum Gasteiger partial charge on any atom is -0.449 e. The van der Waals surface area contributed by atoms with E-state index in [1.54, 1.807) is 40.8 Å². The Morgan fingerprint density at radius 2 is 2.19 bits per heavy atom. The number of carbonyl (C=O) groups excluding carboxylic acids is 2. The standard InChI is InChI=1S/C24H25N3O3S/c25-14-21-20-8-6-18(16-30-24(29)27-10-1-2-11-27)12-22(20)31-23(21)13-19(28)7-5-17-4-3-9-26-15-17/h3-5,7,9,15,18H,1-2,6,8,10-13,16H2/b7-5+/t18-/m1/s1. The molecule has 1 amide bonds. The van der Waals surface area contributed by atoms with Gasteiger partial charge in [-0.25, -0.2) is 4.79 Å². The summed E-state index contributed by atoms with van der Waals surface area (Å²) in [6, 6.07) is 6.03. The summed E-state index contributed by atoms with van der Waals surface area (Å²) < 4.78 is 5.54. The molecule has 1 saturated heterocycles. The Kier molecular flexibility index (Phi) is 6.78. The molecule has 0 radical (unpaired) electrons. The third-order valence-corrected chi connectivity index (χ3v) is 7.09. The predicted molar refractivity (Wildman–Crippen MR) is 119 cm³/mol. The summed E-state index contributed by atoms with van der Waals surface area (Å²) in [5, 5.41) is 9.69. The van der Waals surface area contributed by atoms with Gasteiger partial charge in [0.05, 0.1) is 12.2 Å². The number of allylic oxidation sites excluding steroid dienone is 1. The normalized spacial score (nSPS) is 18.0. The summed E-state index contributed by atoms with van der Waals surface area (Å²) in [5.74, 6) is 0.230. The van der Waals surface area contributed by atoms with E-state index >= 15 is 0 Å². The van der Waals surface area contributed by atoms with Gasteiger partial charge in [-0.2, -0.15) is 5.26 Å². The number of hydrogen-bond acceptors (Lipinski definition) is 6. The lowest BCUT2D eigenvalue weighted by molar-refractivity contribution is -0.113. The molecule has 7 heteroatoms. The number of ketones is 1. The molecule has 1 fully saturated rings. The van der Waals surface area contributed by atoms with Crippen LogP contribution in [0.25, 0.3) is 6.08 Å². The molecule has 0 aromatic carbocycles. The molecule has 4 rings (SSSR count). The zero-order valence-electron chi connectivity index (χ0n) is 17.4. The molecule has 0 spiro atoms. The van der Waals surface area contributed by atoms with E-state index in [0.717, 1.165) is 66.1 Å². The van der Waals surface area contributed by atoms with Crippen LogP contribution in [0.15, 0.2) is 30.6 Å². The summed E-state index contributed by atoms with van der Waals surface area (Å²) in [4.78, 5) is 32.4. The van der Waals surface area contributed by atoms with Gasteiger partial charge in [0.1, 0.15) is 6.07 Å². The Hall–Kier alpha value is -2.98. The van der Waals surface area contributed by atoms with Gasteiger partial charge in [-0.1, -0.05) is 6.07 Å². The molecule has 1 aliphatic heterocycles. The van der Waals surface area contributed by atoms with E-state index in [9.17, 15) is 14.9 Å². The van der Waals surface area contributed by atoms with E-state index in [1.165, 1.54) is 0 Å². The largest absolute Gasteiger partial charge is 0.449 e. The molecule has 3 heterocycles. The summed E-state index contributed by atoms with van der Waals surface area (Å²) in [7, 11) is 0. The number of thiophene rings is 1. The third-order valence-electron chi connectivity index (χ3n) is 5.84. The monoisotopic (exact) mass is 435 g/mol. The lowest BCUT2D eigenvalue weighted by Crippen LogP contribution is -2.30. The van der Waals surface area contributed by atoms with Gasteiger partial charge in [-0.15, -0.1) is 11.3 Å². The molecule has 1 atom stereocenters. The number of ether oxygens (including phenoxy) is 1. The van der Waals surface area contributed by atoms with Gasteiger partial charge in [-0.05, 0) is 67.4 Å². The maximum Gasteiger partial charge on any atom is 0.409 e. The second-order valence-corrected chi connectivity index (χ2v) is 9.25. The lowest BCUT2D eigenvalue weighted by atomic mass is 9.87. The average Bonchev–Trinajstić information content (AvgIpc) is 3.44. The smallest absolute Gasteiger partial charge is 0.409 e. The van der Waals surface area contributed by atoms with Gasteiger partial charge in [-0.3, -0.25) is 9.78 Å². The van der Waals surface area contributed by atoms with E-state index in [0.29, 0.717) is 12.2 Å². The number of nitrogens with zero attached hydrogens (tertiary/aromatic N) is 3. The summed E-state index contributed by atoms with van der Waals surface area (Å²) in [6.45, 7) is 1.99. The van der Waals surface area contributed by atoms with Gasteiger partial charge in [0.2, 0.25) is 0 Å². The Bertz CT molecular complexity index is 1020. The second kappa shape index (κ2) is 9.88. The van der Waals surface area contributed by atoms with Gasteiger partial charge >= 0.3 is 6.09 Å². The van der Waals surface area contributed by atoms with E-state index in [4.69, 9.17) is 4.74 Å². The van der Waals surface area contributed by atoms with Crippen molar-refractivity contribution >= 4 is 29.3 Å². The van der Waals surface area contributed by atoms with Crippen molar-refractivity contribution in [3.05, 3.63) is 57.0 Å². The van der Waals surface area contributed by atoms with E-state index in [-0.39, 0.29) is 24.2 Å². The molecule has 6 nitrogen and oxygen atoms in total. The predicted octanol–water partition coefficient (Wildman–Crippen LogP) is 4.18. The Balaban J connectivity index is 1.37. The third kappa shape index (κ3) is 5.20. The molecule has 2 aromatic rings. The number of hydrogen-bond donors (Lipinski definition) is 0. The molecule has 2 aromatic heterocycles. The quantitative estimate of drug-likeness (QED) is 0.636.